The van der Waals surface area contributed by atoms with Crippen molar-refractivity contribution in [3.63, 3.8) is 0 Å². The van der Waals surface area contributed by atoms with Gasteiger partial charge in [-0.3, -0.25) is 0 Å². The number of rotatable bonds is 6. The molecule has 2 heteroatoms. The first-order valence-corrected chi connectivity index (χ1v) is 6.04. The zero-order valence-electron chi connectivity index (χ0n) is 10.5. The molecule has 0 fully saturated rings. The summed E-state index contributed by atoms with van der Waals surface area (Å²) in [6, 6.07) is 4.32. The molecule has 1 heterocycles. The fraction of sp³-hybridized carbons (Fsp3) is 0.692. The molecule has 0 atom stereocenters. The van der Waals surface area contributed by atoms with E-state index in [4.69, 9.17) is 0 Å². The van der Waals surface area contributed by atoms with Gasteiger partial charge < -0.3 is 9.88 Å². The summed E-state index contributed by atoms with van der Waals surface area (Å²) in [5, 5.41) is 3.65. The van der Waals surface area contributed by atoms with Crippen molar-refractivity contribution >= 4 is 0 Å². The number of hydrogen-bond acceptors (Lipinski definition) is 1. The second-order valence-corrected chi connectivity index (χ2v) is 4.41. The second kappa shape index (κ2) is 5.36. The molecule has 0 aliphatic rings. The van der Waals surface area contributed by atoms with E-state index in [0.717, 1.165) is 13.1 Å². The Kier molecular flexibility index (Phi) is 4.40. The highest BCUT2D eigenvalue weighted by Crippen LogP contribution is 2.14. The molecule has 0 radical (unpaired) electrons. The second-order valence-electron chi connectivity index (χ2n) is 4.41. The third kappa shape index (κ3) is 3.10. The largest absolute Gasteiger partial charge is 0.351 e. The van der Waals surface area contributed by atoms with Gasteiger partial charge in [-0.2, -0.15) is 0 Å². The Morgan fingerprint density at radius 1 is 1.27 bits per heavy atom. The van der Waals surface area contributed by atoms with Crippen molar-refractivity contribution < 1.29 is 0 Å². The molecular weight excluding hydrogens is 184 g/mol. The van der Waals surface area contributed by atoms with Crippen LogP contribution >= 0.6 is 0 Å². The summed E-state index contributed by atoms with van der Waals surface area (Å²) in [7, 11) is 0. The minimum absolute atomic E-state index is 0.281. The van der Waals surface area contributed by atoms with Crippen LogP contribution in [-0.2, 0) is 13.1 Å². The minimum atomic E-state index is 0.281. The first-order chi connectivity index (χ1) is 7.15. The maximum absolute atomic E-state index is 3.65. The van der Waals surface area contributed by atoms with Crippen LogP contribution in [0.3, 0.4) is 0 Å². The van der Waals surface area contributed by atoms with Gasteiger partial charge in [-0.1, -0.05) is 13.8 Å². The zero-order chi connectivity index (χ0) is 11.3. The van der Waals surface area contributed by atoms with Crippen molar-refractivity contribution in [1.29, 1.82) is 0 Å². The van der Waals surface area contributed by atoms with Crippen molar-refractivity contribution in [2.24, 2.45) is 0 Å². The molecule has 86 valence electrons. The van der Waals surface area contributed by atoms with Crippen molar-refractivity contribution in [2.75, 3.05) is 0 Å². The van der Waals surface area contributed by atoms with Gasteiger partial charge in [0.15, 0.2) is 0 Å². The molecule has 0 bridgehead atoms. The van der Waals surface area contributed by atoms with Gasteiger partial charge in [-0.05, 0) is 38.8 Å². The lowest BCUT2D eigenvalue weighted by Crippen LogP contribution is -2.40. The highest BCUT2D eigenvalue weighted by molar-refractivity contribution is 5.07. The average Bonchev–Trinajstić information content (AvgIpc) is 2.73. The van der Waals surface area contributed by atoms with Gasteiger partial charge in [-0.25, -0.2) is 0 Å². The van der Waals surface area contributed by atoms with Gasteiger partial charge in [0.1, 0.15) is 0 Å². The van der Waals surface area contributed by atoms with Crippen LogP contribution in [0.4, 0.5) is 0 Å². The Morgan fingerprint density at radius 3 is 2.47 bits per heavy atom. The van der Waals surface area contributed by atoms with E-state index in [-0.39, 0.29) is 5.54 Å². The summed E-state index contributed by atoms with van der Waals surface area (Å²) in [6.45, 7) is 11.0. The van der Waals surface area contributed by atoms with E-state index in [1.54, 1.807) is 0 Å². The molecule has 0 saturated carbocycles. The lowest BCUT2D eigenvalue weighted by atomic mass is 9.95. The average molecular weight is 208 g/mol. The quantitative estimate of drug-likeness (QED) is 0.760. The predicted octanol–water partition coefficient (Wildman–Crippen LogP) is 3.18. The van der Waals surface area contributed by atoms with Gasteiger partial charge in [-0.15, -0.1) is 0 Å². The molecule has 1 aromatic heterocycles. The van der Waals surface area contributed by atoms with Gasteiger partial charge >= 0.3 is 0 Å². The van der Waals surface area contributed by atoms with E-state index in [0.29, 0.717) is 0 Å². The minimum Gasteiger partial charge on any atom is -0.351 e. The molecule has 0 unspecified atom stereocenters. The monoisotopic (exact) mass is 208 g/mol. The summed E-state index contributed by atoms with van der Waals surface area (Å²) >= 11 is 0. The van der Waals surface area contributed by atoms with Crippen LogP contribution in [-0.4, -0.2) is 10.1 Å². The van der Waals surface area contributed by atoms with Crippen LogP contribution in [0.15, 0.2) is 18.3 Å². The standard InChI is InChI=1S/C13H24N2/c1-5-13(4,6-2)14-11-12-9-8-10-15(12)7-3/h8-10,14H,5-7,11H2,1-4H3. The first kappa shape index (κ1) is 12.3. The van der Waals surface area contributed by atoms with E-state index in [9.17, 15) is 0 Å². The molecule has 1 N–H and O–H groups in total. The fourth-order valence-corrected chi connectivity index (χ4v) is 1.72. The van der Waals surface area contributed by atoms with Crippen LogP contribution in [0.2, 0.25) is 0 Å². The third-order valence-electron chi connectivity index (χ3n) is 3.52. The molecule has 0 spiro atoms. The lowest BCUT2D eigenvalue weighted by molar-refractivity contribution is 0.325. The van der Waals surface area contributed by atoms with Crippen LogP contribution < -0.4 is 5.32 Å². The third-order valence-corrected chi connectivity index (χ3v) is 3.52. The highest BCUT2D eigenvalue weighted by Gasteiger charge is 2.18. The van der Waals surface area contributed by atoms with Gasteiger partial charge in [0.05, 0.1) is 0 Å². The summed E-state index contributed by atoms with van der Waals surface area (Å²) in [5.41, 5.74) is 1.66. The van der Waals surface area contributed by atoms with E-state index < -0.39 is 0 Å². The summed E-state index contributed by atoms with van der Waals surface area (Å²) < 4.78 is 2.29. The maximum Gasteiger partial charge on any atom is 0.0363 e. The van der Waals surface area contributed by atoms with Crippen molar-refractivity contribution in [2.45, 2.75) is 59.2 Å². The first-order valence-electron chi connectivity index (χ1n) is 6.04. The highest BCUT2D eigenvalue weighted by atomic mass is 15.0. The van der Waals surface area contributed by atoms with Gasteiger partial charge in [0, 0.05) is 30.5 Å². The molecule has 15 heavy (non-hydrogen) atoms. The van der Waals surface area contributed by atoms with Crippen molar-refractivity contribution in [1.82, 2.24) is 9.88 Å². The maximum atomic E-state index is 3.65. The molecule has 1 rings (SSSR count). The van der Waals surface area contributed by atoms with Crippen LogP contribution in [0.5, 0.6) is 0 Å². The molecule has 1 aromatic rings. The van der Waals surface area contributed by atoms with Crippen molar-refractivity contribution in [3.05, 3.63) is 24.0 Å². The lowest BCUT2D eigenvalue weighted by Gasteiger charge is -2.28. The number of aromatic nitrogens is 1. The summed E-state index contributed by atoms with van der Waals surface area (Å²) in [4.78, 5) is 0. The number of aryl methyl sites for hydroxylation is 1. The Bertz CT molecular complexity index is 284. The topological polar surface area (TPSA) is 17.0 Å². The Balaban J connectivity index is 2.56. The Hall–Kier alpha value is -0.760. The Labute approximate surface area is 93.7 Å². The van der Waals surface area contributed by atoms with Crippen LogP contribution in [0, 0.1) is 0 Å². The smallest absolute Gasteiger partial charge is 0.0363 e. The van der Waals surface area contributed by atoms with Gasteiger partial charge in [0.25, 0.3) is 0 Å². The molecular formula is C13H24N2. The summed E-state index contributed by atoms with van der Waals surface area (Å²) in [6.07, 6.45) is 4.50. The van der Waals surface area contributed by atoms with E-state index >= 15 is 0 Å². The molecule has 0 saturated heterocycles. The molecule has 2 nitrogen and oxygen atoms in total. The number of nitrogens with zero attached hydrogens (tertiary/aromatic N) is 1. The SMILES string of the molecule is CCn1cccc1CNC(C)(CC)CC. The predicted molar refractivity (Wildman–Crippen MR) is 65.9 cm³/mol. The number of hydrogen-bond donors (Lipinski definition) is 1. The number of nitrogens with one attached hydrogen (secondary N) is 1. The van der Waals surface area contributed by atoms with E-state index in [1.165, 1.54) is 18.5 Å². The summed E-state index contributed by atoms with van der Waals surface area (Å²) in [5.74, 6) is 0. The van der Waals surface area contributed by atoms with Crippen LogP contribution in [0.25, 0.3) is 0 Å². The molecule has 0 aliphatic carbocycles. The van der Waals surface area contributed by atoms with E-state index in [1.807, 2.05) is 0 Å². The fourth-order valence-electron chi connectivity index (χ4n) is 1.72. The Morgan fingerprint density at radius 2 is 1.93 bits per heavy atom. The molecule has 0 aliphatic heterocycles. The van der Waals surface area contributed by atoms with Crippen LogP contribution in [0.1, 0.15) is 46.2 Å². The molecule has 0 aromatic carbocycles. The molecule has 0 amide bonds. The van der Waals surface area contributed by atoms with Gasteiger partial charge in [0.2, 0.25) is 0 Å². The zero-order valence-corrected chi connectivity index (χ0v) is 10.5. The normalized spacial score (nSPS) is 12.0. The van der Waals surface area contributed by atoms with Crippen molar-refractivity contribution in [3.8, 4) is 0 Å². The van der Waals surface area contributed by atoms with E-state index in [2.05, 4.69) is 55.9 Å².